The van der Waals surface area contributed by atoms with Gasteiger partial charge in [-0.15, -0.1) is 0 Å². The normalized spacial score (nSPS) is 15.8. The van der Waals surface area contributed by atoms with Crippen LogP contribution in [0, 0.1) is 11.3 Å². The molecule has 1 aliphatic heterocycles. The number of hydrazine groups is 1. The van der Waals surface area contributed by atoms with Crippen LogP contribution in [0.1, 0.15) is 57.9 Å². The standard InChI is InChI=1S/C40H56N8O7/c1-8-27(2)34(48-22-21-46(39(48)53)25-30-15-12-20-41-44-30)36(50)42-32(23-28-13-10-9-11-14-28)33(49)26-47(24-29-16-18-31(54-6)19-17-29)45-37(51)35(40(3,4)5)43-38(52)55-7/h9-20,27,32-35,49H,8,21-26H2,1-7H3,(H,42,50)(H,43,52)(H,45,51). The van der Waals surface area contributed by atoms with Crippen molar-refractivity contribution >= 4 is 23.9 Å². The van der Waals surface area contributed by atoms with E-state index in [4.69, 9.17) is 9.47 Å². The molecule has 1 aliphatic rings. The molecule has 1 aromatic heterocycles. The van der Waals surface area contributed by atoms with Gasteiger partial charge in [0.1, 0.15) is 17.8 Å². The molecule has 0 spiro atoms. The first-order valence-corrected chi connectivity index (χ1v) is 18.6. The third-order valence-electron chi connectivity index (χ3n) is 9.77. The van der Waals surface area contributed by atoms with Gasteiger partial charge in [0.25, 0.3) is 5.91 Å². The topological polar surface area (TPSA) is 179 Å². The Labute approximate surface area is 323 Å². The molecule has 4 rings (SSSR count). The third-order valence-corrected chi connectivity index (χ3v) is 9.77. The number of hydrogen-bond acceptors (Lipinski definition) is 10. The van der Waals surface area contributed by atoms with Crippen LogP contribution in [0.4, 0.5) is 9.59 Å². The number of amides is 5. The minimum absolute atomic E-state index is 0.104. The van der Waals surface area contributed by atoms with E-state index in [9.17, 15) is 24.3 Å². The molecule has 0 saturated carbocycles. The monoisotopic (exact) mass is 760 g/mol. The van der Waals surface area contributed by atoms with Gasteiger partial charge in [-0.2, -0.15) is 10.2 Å². The highest BCUT2D eigenvalue weighted by Crippen LogP contribution is 2.24. The lowest BCUT2D eigenvalue weighted by Gasteiger charge is -2.36. The molecule has 1 fully saturated rings. The van der Waals surface area contributed by atoms with E-state index in [-0.39, 0.29) is 43.9 Å². The predicted molar refractivity (Wildman–Crippen MR) is 206 cm³/mol. The number of urea groups is 1. The van der Waals surface area contributed by atoms with Crippen LogP contribution < -0.4 is 20.8 Å². The molecule has 55 heavy (non-hydrogen) atoms. The Morgan fingerprint density at radius 1 is 0.945 bits per heavy atom. The highest BCUT2D eigenvalue weighted by molar-refractivity contribution is 5.88. The Balaban J connectivity index is 1.61. The fraction of sp³-hybridized carbons (Fsp3) is 0.500. The molecule has 4 N–H and O–H groups in total. The summed E-state index contributed by atoms with van der Waals surface area (Å²) in [6, 6.07) is 17.4. The lowest BCUT2D eigenvalue weighted by Crippen LogP contribution is -2.60. The molecule has 0 radical (unpaired) electrons. The van der Waals surface area contributed by atoms with Crippen LogP contribution in [-0.4, -0.2) is 112 Å². The molecule has 15 heteroatoms. The number of aliphatic hydroxyl groups is 1. The molecule has 0 bridgehead atoms. The molecule has 5 amide bonds. The van der Waals surface area contributed by atoms with E-state index in [1.807, 2.05) is 77.1 Å². The first-order chi connectivity index (χ1) is 26.2. The van der Waals surface area contributed by atoms with E-state index in [1.54, 1.807) is 52.4 Å². The highest BCUT2D eigenvalue weighted by atomic mass is 16.5. The second kappa shape index (κ2) is 19.9. The largest absolute Gasteiger partial charge is 0.497 e. The van der Waals surface area contributed by atoms with Gasteiger partial charge in [0.2, 0.25) is 5.91 Å². The van der Waals surface area contributed by atoms with Crippen LogP contribution in [-0.2, 0) is 33.8 Å². The van der Waals surface area contributed by atoms with E-state index in [1.165, 1.54) is 7.11 Å². The second-order valence-corrected chi connectivity index (χ2v) is 15.0. The summed E-state index contributed by atoms with van der Waals surface area (Å²) < 4.78 is 10.1. The summed E-state index contributed by atoms with van der Waals surface area (Å²) in [5.74, 6) is -0.441. The van der Waals surface area contributed by atoms with Gasteiger partial charge < -0.3 is 35.0 Å². The Morgan fingerprint density at radius 3 is 2.25 bits per heavy atom. The van der Waals surface area contributed by atoms with Crippen molar-refractivity contribution in [2.75, 3.05) is 33.9 Å². The molecular weight excluding hydrogens is 704 g/mol. The van der Waals surface area contributed by atoms with Crippen LogP contribution in [0.25, 0.3) is 0 Å². The van der Waals surface area contributed by atoms with E-state index in [0.717, 1.165) is 11.1 Å². The summed E-state index contributed by atoms with van der Waals surface area (Å²) in [5, 5.41) is 27.4. The Kier molecular flexibility index (Phi) is 15.3. The van der Waals surface area contributed by atoms with Gasteiger partial charge in [-0.1, -0.05) is 83.5 Å². The minimum Gasteiger partial charge on any atom is -0.497 e. The number of ether oxygens (including phenoxy) is 2. The van der Waals surface area contributed by atoms with Crippen molar-refractivity contribution in [2.24, 2.45) is 11.3 Å². The van der Waals surface area contributed by atoms with Gasteiger partial charge >= 0.3 is 12.1 Å². The third kappa shape index (κ3) is 12.1. The maximum atomic E-state index is 14.4. The minimum atomic E-state index is -1.20. The Morgan fingerprint density at radius 2 is 1.65 bits per heavy atom. The number of benzene rings is 2. The smallest absolute Gasteiger partial charge is 0.407 e. The number of nitrogens with one attached hydrogen (secondary N) is 3. The number of hydrogen-bond donors (Lipinski definition) is 4. The highest BCUT2D eigenvalue weighted by Gasteiger charge is 2.41. The van der Waals surface area contributed by atoms with Crippen molar-refractivity contribution in [3.63, 3.8) is 0 Å². The van der Waals surface area contributed by atoms with Crippen molar-refractivity contribution in [2.45, 2.75) is 84.8 Å². The van der Waals surface area contributed by atoms with Crippen molar-refractivity contribution < 1.29 is 33.8 Å². The molecule has 2 heterocycles. The summed E-state index contributed by atoms with van der Waals surface area (Å²) in [6.45, 7) is 10.5. The molecule has 3 aromatic rings. The van der Waals surface area contributed by atoms with Crippen LogP contribution in [0.3, 0.4) is 0 Å². The van der Waals surface area contributed by atoms with Gasteiger partial charge in [0.15, 0.2) is 0 Å². The number of carbonyl (C=O) groups is 4. The Hall–Kier alpha value is -5.28. The average Bonchev–Trinajstić information content (AvgIpc) is 3.52. The number of methoxy groups -OCH3 is 2. The van der Waals surface area contributed by atoms with Gasteiger partial charge in [0.05, 0.1) is 38.6 Å². The lowest BCUT2D eigenvalue weighted by molar-refractivity contribution is -0.132. The van der Waals surface area contributed by atoms with Gasteiger partial charge in [-0.3, -0.25) is 15.0 Å². The summed E-state index contributed by atoms with van der Waals surface area (Å²) in [5.41, 5.74) is 4.54. The maximum Gasteiger partial charge on any atom is 0.407 e. The molecular formula is C40H56N8O7. The first-order valence-electron chi connectivity index (χ1n) is 18.6. The van der Waals surface area contributed by atoms with Gasteiger partial charge in [-0.05, 0) is 53.1 Å². The molecule has 15 nitrogen and oxygen atoms in total. The zero-order chi connectivity index (χ0) is 40.1. The van der Waals surface area contributed by atoms with E-state index >= 15 is 0 Å². The number of alkyl carbamates (subject to hydrolysis) is 1. The quantitative estimate of drug-likeness (QED) is 0.140. The van der Waals surface area contributed by atoms with Crippen LogP contribution in [0.5, 0.6) is 5.75 Å². The molecule has 2 aromatic carbocycles. The fourth-order valence-corrected chi connectivity index (χ4v) is 6.50. The summed E-state index contributed by atoms with van der Waals surface area (Å²) in [4.78, 5) is 57.5. The van der Waals surface area contributed by atoms with Gasteiger partial charge in [0, 0.05) is 32.4 Å². The number of rotatable bonds is 18. The summed E-state index contributed by atoms with van der Waals surface area (Å²) >= 11 is 0. The van der Waals surface area contributed by atoms with Crippen LogP contribution in [0.15, 0.2) is 72.9 Å². The SMILES string of the molecule is CCC(C)C(C(=O)NC(Cc1ccccc1)C(O)CN(Cc1ccc(OC)cc1)NC(=O)C(NC(=O)OC)C(C)(C)C)N1CCN(Cc2cccnn2)C1=O. The van der Waals surface area contributed by atoms with Crippen molar-refractivity contribution in [3.05, 3.63) is 89.7 Å². The van der Waals surface area contributed by atoms with Crippen molar-refractivity contribution in [1.82, 2.24) is 41.1 Å². The predicted octanol–water partition coefficient (Wildman–Crippen LogP) is 3.53. The van der Waals surface area contributed by atoms with E-state index in [2.05, 4.69) is 26.3 Å². The molecule has 5 unspecified atom stereocenters. The molecule has 5 atom stereocenters. The fourth-order valence-electron chi connectivity index (χ4n) is 6.50. The number of nitrogens with zero attached hydrogens (tertiary/aromatic N) is 5. The second-order valence-electron chi connectivity index (χ2n) is 15.0. The summed E-state index contributed by atoms with van der Waals surface area (Å²) in [7, 11) is 2.79. The van der Waals surface area contributed by atoms with Gasteiger partial charge in [-0.25, -0.2) is 14.6 Å². The number of carbonyl (C=O) groups excluding carboxylic acids is 4. The van der Waals surface area contributed by atoms with Crippen molar-refractivity contribution in [1.29, 1.82) is 0 Å². The number of aliphatic hydroxyl groups excluding tert-OH is 1. The maximum absolute atomic E-state index is 14.4. The van der Waals surface area contributed by atoms with E-state index < -0.39 is 41.6 Å². The molecule has 298 valence electrons. The average molecular weight is 761 g/mol. The summed E-state index contributed by atoms with van der Waals surface area (Å²) in [6.07, 6.45) is 0.513. The first kappa shape index (κ1) is 42.5. The van der Waals surface area contributed by atoms with Crippen LogP contribution >= 0.6 is 0 Å². The van der Waals surface area contributed by atoms with E-state index in [0.29, 0.717) is 31.0 Å². The molecule has 1 saturated heterocycles. The lowest BCUT2D eigenvalue weighted by atomic mass is 9.86. The zero-order valence-electron chi connectivity index (χ0n) is 32.9. The Bertz CT molecular complexity index is 1690. The number of aromatic nitrogens is 2. The molecule has 0 aliphatic carbocycles. The van der Waals surface area contributed by atoms with Crippen LogP contribution in [0.2, 0.25) is 0 Å². The van der Waals surface area contributed by atoms with Crippen molar-refractivity contribution in [3.8, 4) is 5.75 Å². The zero-order valence-corrected chi connectivity index (χ0v) is 32.9.